The van der Waals surface area contributed by atoms with Gasteiger partial charge >= 0.3 is 0 Å². The van der Waals surface area contributed by atoms with Crippen molar-refractivity contribution in [1.82, 2.24) is 10.1 Å². The second kappa shape index (κ2) is 9.67. The number of nitrogens with zero attached hydrogens (tertiary/aromatic N) is 2. The number of hydrogen-bond acceptors (Lipinski definition) is 5. The fourth-order valence-corrected chi connectivity index (χ4v) is 4.08. The molecule has 3 aromatic carbocycles. The predicted molar refractivity (Wildman–Crippen MR) is 133 cm³/mol. The lowest BCUT2D eigenvalue weighted by atomic mass is 9.99. The average Bonchev–Trinajstić information content (AvgIpc) is 3.26. The van der Waals surface area contributed by atoms with E-state index in [9.17, 15) is 0 Å². The molecule has 0 amide bonds. The van der Waals surface area contributed by atoms with Crippen LogP contribution in [0.5, 0.6) is 0 Å². The SMILES string of the molecule is N[C@@H](CNc1onc(-c2ccc3cnccc3c2)c1Cc1ccccc1)Cc1ccccc1. The molecule has 0 aliphatic heterocycles. The highest BCUT2D eigenvalue weighted by atomic mass is 16.5. The zero-order valence-corrected chi connectivity index (χ0v) is 18.3. The summed E-state index contributed by atoms with van der Waals surface area (Å²) in [5, 5.41) is 10.1. The van der Waals surface area contributed by atoms with Crippen molar-refractivity contribution in [3.05, 3.63) is 114 Å². The van der Waals surface area contributed by atoms with Crippen molar-refractivity contribution >= 4 is 16.7 Å². The summed E-state index contributed by atoms with van der Waals surface area (Å²) in [6, 6.07) is 28.9. The third-order valence-electron chi connectivity index (χ3n) is 5.79. The minimum Gasteiger partial charge on any atom is -0.352 e. The predicted octanol–water partition coefficient (Wildman–Crippen LogP) is 5.46. The van der Waals surface area contributed by atoms with Crippen LogP contribution in [0.15, 0.2) is 102 Å². The molecule has 1 atom stereocenters. The molecular formula is C28H26N4O. The van der Waals surface area contributed by atoms with Crippen LogP contribution in [-0.2, 0) is 12.8 Å². The minimum absolute atomic E-state index is 0.0429. The molecule has 0 aliphatic carbocycles. The van der Waals surface area contributed by atoms with Crippen LogP contribution in [0.4, 0.5) is 5.88 Å². The van der Waals surface area contributed by atoms with Gasteiger partial charge in [0.15, 0.2) is 0 Å². The maximum atomic E-state index is 6.41. The lowest BCUT2D eigenvalue weighted by Crippen LogP contribution is -2.31. The summed E-state index contributed by atoms with van der Waals surface area (Å²) < 4.78 is 5.81. The van der Waals surface area contributed by atoms with Gasteiger partial charge in [-0.3, -0.25) is 4.98 Å². The molecule has 0 radical (unpaired) electrons. The minimum atomic E-state index is -0.0429. The standard InChI is InChI=1S/C28H26N4O/c29-25(15-20-7-3-1-4-8-20)19-31-28-26(16-21-9-5-2-6-10-21)27(32-33-28)23-11-12-24-18-30-14-13-22(24)17-23/h1-14,17-18,25,31H,15-16,19,29H2/t25-/m1/s1. The first kappa shape index (κ1) is 20.9. The molecule has 0 aliphatic rings. The maximum absolute atomic E-state index is 6.41. The van der Waals surface area contributed by atoms with E-state index in [1.165, 1.54) is 11.1 Å². The lowest BCUT2D eigenvalue weighted by molar-refractivity contribution is 0.432. The van der Waals surface area contributed by atoms with Crippen LogP contribution < -0.4 is 11.1 Å². The molecule has 0 bridgehead atoms. The summed E-state index contributed by atoms with van der Waals surface area (Å²) in [5.41, 5.74) is 11.7. The molecular weight excluding hydrogens is 408 g/mol. The Kier molecular flexibility index (Phi) is 6.13. The number of rotatable bonds is 8. The van der Waals surface area contributed by atoms with Crippen LogP contribution in [0.1, 0.15) is 16.7 Å². The smallest absolute Gasteiger partial charge is 0.228 e. The Balaban J connectivity index is 1.42. The summed E-state index contributed by atoms with van der Waals surface area (Å²) in [7, 11) is 0. The molecule has 5 nitrogen and oxygen atoms in total. The number of benzene rings is 3. The normalized spacial score (nSPS) is 12.0. The molecule has 3 N–H and O–H groups in total. The molecule has 2 aromatic heterocycles. The highest BCUT2D eigenvalue weighted by molar-refractivity contribution is 5.86. The van der Waals surface area contributed by atoms with E-state index in [0.717, 1.165) is 34.0 Å². The zero-order chi connectivity index (χ0) is 22.5. The summed E-state index contributed by atoms with van der Waals surface area (Å²) in [6.07, 6.45) is 5.18. The highest BCUT2D eigenvalue weighted by Crippen LogP contribution is 2.32. The van der Waals surface area contributed by atoms with Gasteiger partial charge < -0.3 is 15.6 Å². The topological polar surface area (TPSA) is 77.0 Å². The largest absolute Gasteiger partial charge is 0.352 e. The molecule has 0 saturated heterocycles. The molecule has 0 fully saturated rings. The Morgan fingerprint density at radius 2 is 1.61 bits per heavy atom. The van der Waals surface area contributed by atoms with Crippen LogP contribution in [0.25, 0.3) is 22.0 Å². The van der Waals surface area contributed by atoms with Gasteiger partial charge in [-0.1, -0.05) is 78.0 Å². The van der Waals surface area contributed by atoms with E-state index in [0.29, 0.717) is 18.8 Å². The van der Waals surface area contributed by atoms with Crippen LogP contribution >= 0.6 is 0 Å². The van der Waals surface area contributed by atoms with E-state index in [2.05, 4.69) is 70.1 Å². The maximum Gasteiger partial charge on any atom is 0.228 e. The average molecular weight is 435 g/mol. The summed E-state index contributed by atoms with van der Waals surface area (Å²) >= 11 is 0. The van der Waals surface area contributed by atoms with Gasteiger partial charge in [-0.25, -0.2) is 0 Å². The van der Waals surface area contributed by atoms with Gasteiger partial charge in [0.2, 0.25) is 5.88 Å². The number of fused-ring (bicyclic) bond motifs is 1. The number of pyridine rings is 1. The monoisotopic (exact) mass is 434 g/mol. The Morgan fingerprint density at radius 1 is 0.848 bits per heavy atom. The first-order chi connectivity index (χ1) is 16.3. The lowest BCUT2D eigenvalue weighted by Gasteiger charge is -2.13. The van der Waals surface area contributed by atoms with Gasteiger partial charge in [-0.2, -0.15) is 0 Å². The fraction of sp³-hybridized carbons (Fsp3) is 0.143. The van der Waals surface area contributed by atoms with Crippen LogP contribution in [-0.4, -0.2) is 22.7 Å². The van der Waals surface area contributed by atoms with Crippen molar-refractivity contribution in [3.63, 3.8) is 0 Å². The van der Waals surface area contributed by atoms with Crippen molar-refractivity contribution < 1.29 is 4.52 Å². The van der Waals surface area contributed by atoms with E-state index in [-0.39, 0.29) is 6.04 Å². The van der Waals surface area contributed by atoms with Gasteiger partial charge in [-0.05, 0) is 35.1 Å². The Morgan fingerprint density at radius 3 is 2.39 bits per heavy atom. The van der Waals surface area contributed by atoms with Crippen LogP contribution in [0, 0.1) is 0 Å². The van der Waals surface area contributed by atoms with Crippen molar-refractivity contribution in [2.45, 2.75) is 18.9 Å². The van der Waals surface area contributed by atoms with Gasteiger partial charge in [0.1, 0.15) is 5.69 Å². The second-order valence-electron chi connectivity index (χ2n) is 8.27. The first-order valence-electron chi connectivity index (χ1n) is 11.2. The van der Waals surface area contributed by atoms with E-state index in [4.69, 9.17) is 10.3 Å². The number of hydrogen-bond donors (Lipinski definition) is 2. The molecule has 164 valence electrons. The third-order valence-corrected chi connectivity index (χ3v) is 5.79. The number of nitrogens with two attached hydrogens (primary N) is 1. The van der Waals surface area contributed by atoms with Crippen molar-refractivity contribution in [2.75, 3.05) is 11.9 Å². The Bertz CT molecular complexity index is 1330. The Labute approximate surface area is 193 Å². The molecule has 2 heterocycles. The van der Waals surface area contributed by atoms with Crippen molar-refractivity contribution in [1.29, 1.82) is 0 Å². The van der Waals surface area contributed by atoms with Crippen molar-refractivity contribution in [2.24, 2.45) is 5.73 Å². The molecule has 33 heavy (non-hydrogen) atoms. The van der Waals surface area contributed by atoms with Gasteiger partial charge in [0, 0.05) is 47.9 Å². The highest BCUT2D eigenvalue weighted by Gasteiger charge is 2.19. The quantitative estimate of drug-likeness (QED) is 0.339. The number of aromatic nitrogens is 2. The molecule has 0 saturated carbocycles. The van der Waals surface area contributed by atoms with Gasteiger partial charge in [0.25, 0.3) is 0 Å². The summed E-state index contributed by atoms with van der Waals surface area (Å²) in [5.74, 6) is 0.673. The summed E-state index contributed by atoms with van der Waals surface area (Å²) in [6.45, 7) is 0.592. The van der Waals surface area contributed by atoms with E-state index in [1.807, 2.05) is 36.5 Å². The van der Waals surface area contributed by atoms with Gasteiger partial charge in [0.05, 0.1) is 0 Å². The van der Waals surface area contributed by atoms with Crippen LogP contribution in [0.2, 0.25) is 0 Å². The second-order valence-corrected chi connectivity index (χ2v) is 8.27. The molecule has 0 spiro atoms. The first-order valence-corrected chi connectivity index (χ1v) is 11.2. The number of anilines is 1. The van der Waals surface area contributed by atoms with E-state index >= 15 is 0 Å². The van der Waals surface area contributed by atoms with E-state index in [1.54, 1.807) is 6.20 Å². The van der Waals surface area contributed by atoms with E-state index < -0.39 is 0 Å². The van der Waals surface area contributed by atoms with Crippen molar-refractivity contribution in [3.8, 4) is 11.3 Å². The zero-order valence-electron chi connectivity index (χ0n) is 18.3. The molecule has 5 aromatic rings. The Hall–Kier alpha value is -3.96. The number of nitrogens with one attached hydrogen (secondary N) is 1. The summed E-state index contributed by atoms with van der Waals surface area (Å²) in [4.78, 5) is 4.21. The molecule has 5 rings (SSSR count). The third kappa shape index (κ3) is 4.94. The fourth-order valence-electron chi connectivity index (χ4n) is 4.08. The van der Waals surface area contributed by atoms with Gasteiger partial charge in [-0.15, -0.1) is 0 Å². The molecule has 0 unspecified atom stereocenters. The molecule has 5 heteroatoms. The van der Waals surface area contributed by atoms with Crippen LogP contribution in [0.3, 0.4) is 0 Å².